The van der Waals surface area contributed by atoms with Gasteiger partial charge in [-0.2, -0.15) is 0 Å². The Kier molecular flexibility index (Phi) is 6.09. The minimum absolute atomic E-state index is 0.00906. The Morgan fingerprint density at radius 2 is 2.12 bits per heavy atom. The Hall–Kier alpha value is -2.57. The van der Waals surface area contributed by atoms with Gasteiger partial charge in [0.1, 0.15) is 12.4 Å². The minimum Gasteiger partial charge on any atom is -0.357 e. The molecule has 0 bridgehead atoms. The molecule has 26 heavy (non-hydrogen) atoms. The molecule has 7 heteroatoms. The number of para-hydroxylation sites is 2. The van der Waals surface area contributed by atoms with Crippen LogP contribution in [-0.2, 0) is 11.3 Å². The van der Waals surface area contributed by atoms with Crippen molar-refractivity contribution in [1.82, 2.24) is 25.5 Å². The Bertz CT molecular complexity index is 777. The van der Waals surface area contributed by atoms with Crippen molar-refractivity contribution in [2.24, 2.45) is 4.99 Å². The summed E-state index contributed by atoms with van der Waals surface area (Å²) in [5.74, 6) is 1.71. The molecular formula is C19H28N6O. The van der Waals surface area contributed by atoms with Crippen LogP contribution < -0.4 is 16.0 Å². The Morgan fingerprint density at radius 3 is 2.88 bits per heavy atom. The normalized spacial score (nSPS) is 14.5. The number of nitrogens with zero attached hydrogens (tertiary/aromatic N) is 3. The van der Waals surface area contributed by atoms with Gasteiger partial charge in [0.25, 0.3) is 0 Å². The monoisotopic (exact) mass is 356 g/mol. The number of hydrogen-bond acceptors (Lipinski definition) is 3. The lowest BCUT2D eigenvalue weighted by molar-refractivity contribution is -0.119. The average molecular weight is 356 g/mol. The van der Waals surface area contributed by atoms with Crippen LogP contribution in [0, 0.1) is 6.92 Å². The molecule has 2 aromatic rings. The predicted octanol–water partition coefficient (Wildman–Crippen LogP) is 1.57. The van der Waals surface area contributed by atoms with Crippen molar-refractivity contribution in [1.29, 1.82) is 0 Å². The van der Waals surface area contributed by atoms with E-state index in [2.05, 4.69) is 36.6 Å². The van der Waals surface area contributed by atoms with Crippen LogP contribution in [0.2, 0.25) is 0 Å². The maximum atomic E-state index is 11.8. The van der Waals surface area contributed by atoms with E-state index in [0.717, 1.165) is 50.2 Å². The summed E-state index contributed by atoms with van der Waals surface area (Å²) in [6.07, 6.45) is 3.13. The van der Waals surface area contributed by atoms with Gasteiger partial charge in [-0.05, 0) is 45.2 Å². The molecule has 1 aliphatic rings. The second-order valence-electron chi connectivity index (χ2n) is 6.62. The van der Waals surface area contributed by atoms with Crippen LogP contribution in [0.5, 0.6) is 0 Å². The number of amides is 1. The maximum Gasteiger partial charge on any atom is 0.242 e. The van der Waals surface area contributed by atoms with E-state index in [9.17, 15) is 4.79 Å². The summed E-state index contributed by atoms with van der Waals surface area (Å²) in [5.41, 5.74) is 2.21. The molecule has 1 amide bonds. The summed E-state index contributed by atoms with van der Waals surface area (Å²) in [6.45, 7) is 6.65. The average Bonchev–Trinajstić information content (AvgIpc) is 3.38. The van der Waals surface area contributed by atoms with E-state index in [1.54, 1.807) is 0 Å². The fraction of sp³-hybridized carbons (Fsp3) is 0.526. The maximum absolute atomic E-state index is 11.8. The smallest absolute Gasteiger partial charge is 0.242 e. The van der Waals surface area contributed by atoms with Gasteiger partial charge in [0.05, 0.1) is 11.0 Å². The van der Waals surface area contributed by atoms with Gasteiger partial charge < -0.3 is 20.5 Å². The third kappa shape index (κ3) is 4.97. The van der Waals surface area contributed by atoms with Gasteiger partial charge in [-0.25, -0.2) is 9.98 Å². The number of aromatic nitrogens is 2. The van der Waals surface area contributed by atoms with Gasteiger partial charge in [-0.1, -0.05) is 12.1 Å². The summed E-state index contributed by atoms with van der Waals surface area (Å²) >= 11 is 0. The molecule has 140 valence electrons. The minimum atomic E-state index is -0.00906. The van der Waals surface area contributed by atoms with Gasteiger partial charge in [0, 0.05) is 25.7 Å². The molecule has 1 aliphatic carbocycles. The number of aliphatic imine (C=N–C) groups is 1. The summed E-state index contributed by atoms with van der Waals surface area (Å²) in [5, 5.41) is 9.43. The highest BCUT2D eigenvalue weighted by Gasteiger charge is 2.22. The van der Waals surface area contributed by atoms with E-state index in [4.69, 9.17) is 0 Å². The number of aryl methyl sites for hydroxylation is 2. The van der Waals surface area contributed by atoms with Crippen molar-refractivity contribution < 1.29 is 4.79 Å². The molecule has 3 rings (SSSR count). The topological polar surface area (TPSA) is 83.3 Å². The third-order valence-corrected chi connectivity index (χ3v) is 4.36. The summed E-state index contributed by atoms with van der Waals surface area (Å²) in [6, 6.07) is 8.58. The van der Waals surface area contributed by atoms with Crippen LogP contribution in [0.3, 0.4) is 0 Å². The Balaban J connectivity index is 1.48. The largest absolute Gasteiger partial charge is 0.357 e. The summed E-state index contributed by atoms with van der Waals surface area (Å²) < 4.78 is 2.24. The number of rotatable bonds is 8. The van der Waals surface area contributed by atoms with Crippen LogP contribution in [0.25, 0.3) is 11.0 Å². The lowest BCUT2D eigenvalue weighted by atomic mass is 10.3. The first-order valence-corrected chi connectivity index (χ1v) is 9.40. The van der Waals surface area contributed by atoms with Gasteiger partial charge in [0.2, 0.25) is 5.91 Å². The van der Waals surface area contributed by atoms with Crippen molar-refractivity contribution in [2.75, 3.05) is 19.6 Å². The van der Waals surface area contributed by atoms with E-state index in [1.165, 1.54) is 5.52 Å². The number of fused-ring (bicyclic) bond motifs is 1. The van der Waals surface area contributed by atoms with Gasteiger partial charge in [-0.3, -0.25) is 4.79 Å². The Labute approximate surface area is 154 Å². The van der Waals surface area contributed by atoms with Gasteiger partial charge >= 0.3 is 0 Å². The molecule has 1 aromatic carbocycles. The first-order chi connectivity index (χ1) is 12.7. The van der Waals surface area contributed by atoms with E-state index < -0.39 is 0 Å². The molecule has 0 spiro atoms. The van der Waals surface area contributed by atoms with Crippen molar-refractivity contribution in [3.63, 3.8) is 0 Å². The molecule has 1 aromatic heterocycles. The number of carbonyl (C=O) groups is 1. The fourth-order valence-electron chi connectivity index (χ4n) is 2.92. The molecule has 3 N–H and O–H groups in total. The van der Waals surface area contributed by atoms with Crippen LogP contribution in [-0.4, -0.2) is 47.1 Å². The number of imidazole rings is 1. The zero-order valence-electron chi connectivity index (χ0n) is 15.6. The van der Waals surface area contributed by atoms with E-state index in [0.29, 0.717) is 12.0 Å². The number of benzene rings is 1. The highest BCUT2D eigenvalue weighted by atomic mass is 16.2. The Morgan fingerprint density at radius 1 is 1.31 bits per heavy atom. The van der Waals surface area contributed by atoms with Gasteiger partial charge in [0.15, 0.2) is 5.96 Å². The van der Waals surface area contributed by atoms with E-state index in [-0.39, 0.29) is 12.5 Å². The third-order valence-electron chi connectivity index (χ3n) is 4.36. The lowest BCUT2D eigenvalue weighted by Crippen LogP contribution is -2.39. The zero-order chi connectivity index (χ0) is 18.4. The second-order valence-corrected chi connectivity index (χ2v) is 6.62. The summed E-state index contributed by atoms with van der Waals surface area (Å²) in [4.78, 5) is 20.7. The number of hydrogen-bond donors (Lipinski definition) is 3. The first-order valence-electron chi connectivity index (χ1n) is 9.40. The summed E-state index contributed by atoms with van der Waals surface area (Å²) in [7, 11) is 0. The molecule has 1 fully saturated rings. The SMILES string of the molecule is CCNC(=NCC(=O)NC1CC1)NCCCn1c(C)nc2ccccc21. The number of guanidine groups is 1. The standard InChI is InChI=1S/C19H28N6O/c1-3-20-19(22-13-18(26)24-15-9-10-15)21-11-6-12-25-14(2)23-16-7-4-5-8-17(16)25/h4-5,7-8,15H,3,6,9-13H2,1-2H3,(H,24,26)(H2,20,21,22). The molecule has 1 heterocycles. The number of nitrogens with one attached hydrogen (secondary N) is 3. The van der Waals surface area contributed by atoms with Crippen molar-refractivity contribution in [3.8, 4) is 0 Å². The fourth-order valence-corrected chi connectivity index (χ4v) is 2.92. The molecule has 0 unspecified atom stereocenters. The molecule has 1 saturated carbocycles. The van der Waals surface area contributed by atoms with Gasteiger partial charge in [-0.15, -0.1) is 0 Å². The first kappa shape index (κ1) is 18.2. The van der Waals surface area contributed by atoms with E-state index >= 15 is 0 Å². The number of carbonyl (C=O) groups excluding carboxylic acids is 1. The van der Waals surface area contributed by atoms with E-state index in [1.807, 2.05) is 32.0 Å². The van der Waals surface area contributed by atoms with Crippen molar-refractivity contribution in [2.45, 2.75) is 45.7 Å². The van der Waals surface area contributed by atoms with Crippen LogP contribution in [0.4, 0.5) is 0 Å². The second kappa shape index (κ2) is 8.69. The highest BCUT2D eigenvalue weighted by molar-refractivity contribution is 5.85. The predicted molar refractivity (Wildman–Crippen MR) is 104 cm³/mol. The molecule has 0 aliphatic heterocycles. The van der Waals surface area contributed by atoms with Crippen LogP contribution in [0.1, 0.15) is 32.0 Å². The lowest BCUT2D eigenvalue weighted by Gasteiger charge is -2.12. The quantitative estimate of drug-likeness (QED) is 0.381. The molecule has 0 radical (unpaired) electrons. The molecule has 0 atom stereocenters. The molecule has 7 nitrogen and oxygen atoms in total. The van der Waals surface area contributed by atoms with Crippen molar-refractivity contribution >= 4 is 22.9 Å². The zero-order valence-corrected chi connectivity index (χ0v) is 15.6. The van der Waals surface area contributed by atoms with Crippen LogP contribution >= 0.6 is 0 Å². The van der Waals surface area contributed by atoms with Crippen LogP contribution in [0.15, 0.2) is 29.3 Å². The molecular weight excluding hydrogens is 328 g/mol. The van der Waals surface area contributed by atoms with Crippen molar-refractivity contribution in [3.05, 3.63) is 30.1 Å². The molecule has 0 saturated heterocycles. The highest BCUT2D eigenvalue weighted by Crippen LogP contribution is 2.18.